The SMILES string of the molecule is O=C(Nc1ccc(C2CCNCC2)cn1)c1ccccc1. The fraction of sp³-hybridized carbons (Fsp3) is 0.294. The first-order valence-electron chi connectivity index (χ1n) is 7.36. The van der Waals surface area contributed by atoms with Gasteiger partial charge in [-0.05, 0) is 55.6 Å². The number of nitrogens with zero attached hydrogens (tertiary/aromatic N) is 1. The Kier molecular flexibility index (Phi) is 4.26. The van der Waals surface area contributed by atoms with E-state index in [1.807, 2.05) is 30.5 Å². The number of piperidine rings is 1. The normalized spacial score (nSPS) is 15.6. The summed E-state index contributed by atoms with van der Waals surface area (Å²) in [4.78, 5) is 16.4. The highest BCUT2D eigenvalue weighted by Crippen LogP contribution is 2.25. The van der Waals surface area contributed by atoms with Gasteiger partial charge in [0.15, 0.2) is 0 Å². The Morgan fingerprint density at radius 2 is 1.86 bits per heavy atom. The number of aromatic nitrogens is 1. The zero-order chi connectivity index (χ0) is 14.5. The topological polar surface area (TPSA) is 54.0 Å². The van der Waals surface area contributed by atoms with Crippen molar-refractivity contribution in [1.29, 1.82) is 0 Å². The molecule has 1 amide bonds. The molecule has 0 aliphatic carbocycles. The molecule has 108 valence electrons. The van der Waals surface area contributed by atoms with Crippen LogP contribution in [0.15, 0.2) is 48.7 Å². The molecule has 0 atom stereocenters. The van der Waals surface area contributed by atoms with Crippen LogP contribution in [0.1, 0.15) is 34.7 Å². The predicted octanol–water partition coefficient (Wildman–Crippen LogP) is 2.80. The first-order chi connectivity index (χ1) is 10.3. The highest BCUT2D eigenvalue weighted by Gasteiger charge is 2.15. The molecule has 1 aromatic heterocycles. The highest BCUT2D eigenvalue weighted by molar-refractivity contribution is 6.03. The van der Waals surface area contributed by atoms with E-state index in [1.54, 1.807) is 12.1 Å². The van der Waals surface area contributed by atoms with Gasteiger partial charge in [-0.25, -0.2) is 4.98 Å². The molecule has 2 N–H and O–H groups in total. The lowest BCUT2D eigenvalue weighted by Crippen LogP contribution is -2.26. The number of hydrogen-bond acceptors (Lipinski definition) is 3. The molecule has 0 spiro atoms. The molecular formula is C17H19N3O. The molecule has 1 aliphatic rings. The molecule has 1 aromatic carbocycles. The second-order valence-electron chi connectivity index (χ2n) is 5.32. The average Bonchev–Trinajstić information content (AvgIpc) is 2.57. The number of nitrogens with one attached hydrogen (secondary N) is 2. The van der Waals surface area contributed by atoms with E-state index in [0.29, 0.717) is 17.3 Å². The lowest BCUT2D eigenvalue weighted by atomic mass is 9.91. The van der Waals surface area contributed by atoms with Crippen LogP contribution in [0.2, 0.25) is 0 Å². The van der Waals surface area contributed by atoms with E-state index < -0.39 is 0 Å². The van der Waals surface area contributed by atoms with Crippen LogP contribution in [0, 0.1) is 0 Å². The Balaban J connectivity index is 1.65. The van der Waals surface area contributed by atoms with Gasteiger partial charge in [-0.3, -0.25) is 4.79 Å². The predicted molar refractivity (Wildman–Crippen MR) is 83.5 cm³/mol. The van der Waals surface area contributed by atoms with Gasteiger partial charge in [-0.15, -0.1) is 0 Å². The summed E-state index contributed by atoms with van der Waals surface area (Å²) >= 11 is 0. The molecule has 1 saturated heterocycles. The van der Waals surface area contributed by atoms with Crippen molar-refractivity contribution >= 4 is 11.7 Å². The number of hydrogen-bond donors (Lipinski definition) is 2. The van der Waals surface area contributed by atoms with E-state index in [4.69, 9.17) is 0 Å². The first-order valence-corrected chi connectivity index (χ1v) is 7.36. The van der Waals surface area contributed by atoms with Crippen molar-refractivity contribution in [3.8, 4) is 0 Å². The lowest BCUT2D eigenvalue weighted by Gasteiger charge is -2.22. The van der Waals surface area contributed by atoms with Crippen molar-refractivity contribution in [3.63, 3.8) is 0 Å². The van der Waals surface area contributed by atoms with Gasteiger partial charge in [0.2, 0.25) is 0 Å². The summed E-state index contributed by atoms with van der Waals surface area (Å²) in [5.41, 5.74) is 1.90. The quantitative estimate of drug-likeness (QED) is 0.909. The molecule has 0 unspecified atom stereocenters. The molecule has 2 aromatic rings. The standard InChI is InChI=1S/C17H19N3O/c21-17(14-4-2-1-3-5-14)20-16-7-6-15(12-19-16)13-8-10-18-11-9-13/h1-7,12-13,18H,8-11H2,(H,19,20,21). The van der Waals surface area contributed by atoms with Gasteiger partial charge in [-0.1, -0.05) is 24.3 Å². The summed E-state index contributed by atoms with van der Waals surface area (Å²) in [7, 11) is 0. The number of rotatable bonds is 3. The van der Waals surface area contributed by atoms with Crippen molar-refractivity contribution in [1.82, 2.24) is 10.3 Å². The maximum atomic E-state index is 12.0. The van der Waals surface area contributed by atoms with E-state index in [-0.39, 0.29) is 5.91 Å². The summed E-state index contributed by atoms with van der Waals surface area (Å²) < 4.78 is 0. The van der Waals surface area contributed by atoms with Crippen LogP contribution in [0.4, 0.5) is 5.82 Å². The Hall–Kier alpha value is -2.20. The first kappa shape index (κ1) is 13.8. The van der Waals surface area contributed by atoms with Crippen LogP contribution in [-0.4, -0.2) is 24.0 Å². The molecule has 1 aliphatic heterocycles. The van der Waals surface area contributed by atoms with Crippen molar-refractivity contribution in [2.75, 3.05) is 18.4 Å². The third-order valence-corrected chi connectivity index (χ3v) is 3.87. The maximum Gasteiger partial charge on any atom is 0.256 e. The minimum atomic E-state index is -0.127. The van der Waals surface area contributed by atoms with Crippen LogP contribution in [0.5, 0.6) is 0 Å². The van der Waals surface area contributed by atoms with Crippen LogP contribution < -0.4 is 10.6 Å². The Labute approximate surface area is 124 Å². The van der Waals surface area contributed by atoms with Crippen LogP contribution in [-0.2, 0) is 0 Å². The molecular weight excluding hydrogens is 262 g/mol. The van der Waals surface area contributed by atoms with Crippen LogP contribution in [0.25, 0.3) is 0 Å². The second-order valence-corrected chi connectivity index (χ2v) is 5.32. The van der Waals surface area contributed by atoms with Crippen molar-refractivity contribution in [3.05, 3.63) is 59.8 Å². The molecule has 4 heteroatoms. The fourth-order valence-corrected chi connectivity index (χ4v) is 2.65. The van der Waals surface area contributed by atoms with Crippen molar-refractivity contribution < 1.29 is 4.79 Å². The molecule has 0 radical (unpaired) electrons. The van der Waals surface area contributed by atoms with Gasteiger partial charge < -0.3 is 10.6 Å². The third-order valence-electron chi connectivity index (χ3n) is 3.87. The highest BCUT2D eigenvalue weighted by atomic mass is 16.1. The van der Waals surface area contributed by atoms with Crippen LogP contribution >= 0.6 is 0 Å². The largest absolute Gasteiger partial charge is 0.317 e. The Morgan fingerprint density at radius 1 is 1.10 bits per heavy atom. The molecule has 21 heavy (non-hydrogen) atoms. The summed E-state index contributed by atoms with van der Waals surface area (Å²) in [6.45, 7) is 2.13. The van der Waals surface area contributed by atoms with Gasteiger partial charge in [-0.2, -0.15) is 0 Å². The molecule has 0 saturated carbocycles. The summed E-state index contributed by atoms with van der Waals surface area (Å²) in [5, 5.41) is 6.19. The van der Waals surface area contributed by atoms with E-state index in [9.17, 15) is 4.79 Å². The van der Waals surface area contributed by atoms with Crippen molar-refractivity contribution in [2.24, 2.45) is 0 Å². The molecule has 4 nitrogen and oxygen atoms in total. The monoisotopic (exact) mass is 281 g/mol. The number of pyridine rings is 1. The molecule has 3 rings (SSSR count). The van der Waals surface area contributed by atoms with Crippen LogP contribution in [0.3, 0.4) is 0 Å². The van der Waals surface area contributed by atoms with Gasteiger partial charge in [0.05, 0.1) is 0 Å². The summed E-state index contributed by atoms with van der Waals surface area (Å²) in [6.07, 6.45) is 4.19. The van der Waals surface area contributed by atoms with E-state index in [2.05, 4.69) is 21.7 Å². The minimum Gasteiger partial charge on any atom is -0.317 e. The fourth-order valence-electron chi connectivity index (χ4n) is 2.65. The average molecular weight is 281 g/mol. The minimum absolute atomic E-state index is 0.127. The third kappa shape index (κ3) is 3.47. The summed E-state index contributed by atoms with van der Waals surface area (Å²) in [5.74, 6) is 1.05. The molecule has 0 bridgehead atoms. The van der Waals surface area contributed by atoms with Gasteiger partial charge in [0, 0.05) is 11.8 Å². The smallest absolute Gasteiger partial charge is 0.256 e. The number of carbonyl (C=O) groups excluding carboxylic acids is 1. The zero-order valence-corrected chi connectivity index (χ0v) is 11.9. The van der Waals surface area contributed by atoms with E-state index in [1.165, 1.54) is 5.56 Å². The van der Waals surface area contributed by atoms with Crippen molar-refractivity contribution in [2.45, 2.75) is 18.8 Å². The van der Waals surface area contributed by atoms with Gasteiger partial charge >= 0.3 is 0 Å². The number of carbonyl (C=O) groups is 1. The van der Waals surface area contributed by atoms with E-state index >= 15 is 0 Å². The molecule has 1 fully saturated rings. The zero-order valence-electron chi connectivity index (χ0n) is 11.9. The number of anilines is 1. The second kappa shape index (κ2) is 6.50. The summed E-state index contributed by atoms with van der Waals surface area (Å²) in [6, 6.07) is 13.1. The number of benzene rings is 1. The Morgan fingerprint density at radius 3 is 2.52 bits per heavy atom. The van der Waals surface area contributed by atoms with E-state index in [0.717, 1.165) is 25.9 Å². The maximum absolute atomic E-state index is 12.0. The molecule has 2 heterocycles. The Bertz CT molecular complexity index is 589. The van der Waals surface area contributed by atoms with Gasteiger partial charge in [0.1, 0.15) is 5.82 Å². The number of amides is 1. The van der Waals surface area contributed by atoms with Gasteiger partial charge in [0.25, 0.3) is 5.91 Å². The lowest BCUT2D eigenvalue weighted by molar-refractivity contribution is 0.102.